The zero-order valence-corrected chi connectivity index (χ0v) is 15.2. The minimum atomic E-state index is -0.178. The van der Waals surface area contributed by atoms with Crippen LogP contribution in [0.15, 0.2) is 60.1 Å². The van der Waals surface area contributed by atoms with E-state index in [0.29, 0.717) is 11.3 Å². The standard InChI is InChI=1S/C20H17N3O2S/c1-13-12-26-20-22-18(11-23(13)20)14-5-3-7-16(9-14)21-19(24)15-6-4-8-17(10-15)25-2/h3-12H,1-2H3,(H,21,24). The molecule has 5 nitrogen and oxygen atoms in total. The average molecular weight is 363 g/mol. The molecule has 4 aromatic rings. The summed E-state index contributed by atoms with van der Waals surface area (Å²) in [5.41, 5.74) is 4.28. The molecule has 0 saturated carbocycles. The van der Waals surface area contributed by atoms with E-state index in [9.17, 15) is 4.79 Å². The second kappa shape index (κ2) is 6.65. The first-order valence-electron chi connectivity index (χ1n) is 8.13. The number of nitrogens with one attached hydrogen (secondary N) is 1. The number of methoxy groups -OCH3 is 1. The monoisotopic (exact) mass is 363 g/mol. The first kappa shape index (κ1) is 16.4. The normalized spacial score (nSPS) is 10.8. The van der Waals surface area contributed by atoms with E-state index in [0.717, 1.165) is 27.6 Å². The van der Waals surface area contributed by atoms with E-state index in [1.165, 1.54) is 0 Å². The van der Waals surface area contributed by atoms with E-state index in [1.54, 1.807) is 36.6 Å². The van der Waals surface area contributed by atoms with Crippen molar-refractivity contribution in [2.75, 3.05) is 12.4 Å². The predicted molar refractivity (Wildman–Crippen MR) is 104 cm³/mol. The number of fused-ring (bicyclic) bond motifs is 1. The Balaban J connectivity index is 1.60. The fourth-order valence-corrected chi connectivity index (χ4v) is 3.61. The quantitative estimate of drug-likeness (QED) is 0.575. The maximum Gasteiger partial charge on any atom is 0.255 e. The van der Waals surface area contributed by atoms with Gasteiger partial charge in [-0.25, -0.2) is 4.98 Å². The van der Waals surface area contributed by atoms with E-state index < -0.39 is 0 Å². The van der Waals surface area contributed by atoms with Crippen molar-refractivity contribution >= 4 is 27.9 Å². The highest BCUT2D eigenvalue weighted by Crippen LogP contribution is 2.25. The van der Waals surface area contributed by atoms with Crippen molar-refractivity contribution in [2.45, 2.75) is 6.92 Å². The third-order valence-corrected chi connectivity index (χ3v) is 5.09. The van der Waals surface area contributed by atoms with Gasteiger partial charge in [-0.05, 0) is 37.3 Å². The zero-order chi connectivity index (χ0) is 18.1. The molecule has 0 spiro atoms. The van der Waals surface area contributed by atoms with Gasteiger partial charge < -0.3 is 10.1 Å². The topological polar surface area (TPSA) is 55.6 Å². The molecule has 2 aromatic carbocycles. The van der Waals surface area contributed by atoms with Crippen molar-refractivity contribution in [1.29, 1.82) is 0 Å². The fourth-order valence-electron chi connectivity index (χ4n) is 2.76. The Morgan fingerprint density at radius 1 is 1.19 bits per heavy atom. The van der Waals surface area contributed by atoms with Gasteiger partial charge in [0.05, 0.1) is 12.8 Å². The summed E-state index contributed by atoms with van der Waals surface area (Å²) in [4.78, 5) is 18.1. The van der Waals surface area contributed by atoms with E-state index in [2.05, 4.69) is 27.0 Å². The van der Waals surface area contributed by atoms with E-state index >= 15 is 0 Å². The Hall–Kier alpha value is -3.12. The van der Waals surface area contributed by atoms with E-state index in [4.69, 9.17) is 4.74 Å². The molecule has 0 fully saturated rings. The third-order valence-electron chi connectivity index (χ3n) is 4.14. The first-order chi connectivity index (χ1) is 12.6. The molecule has 1 amide bonds. The molecule has 1 N–H and O–H groups in total. The number of carbonyl (C=O) groups excluding carboxylic acids is 1. The average Bonchev–Trinajstić information content (AvgIpc) is 3.24. The molecular weight excluding hydrogens is 346 g/mol. The van der Waals surface area contributed by atoms with Crippen LogP contribution in [0.5, 0.6) is 5.75 Å². The van der Waals surface area contributed by atoms with Crippen LogP contribution in [-0.4, -0.2) is 22.4 Å². The van der Waals surface area contributed by atoms with Crippen LogP contribution in [0.3, 0.4) is 0 Å². The van der Waals surface area contributed by atoms with Gasteiger partial charge in [0.15, 0.2) is 4.96 Å². The smallest absolute Gasteiger partial charge is 0.255 e. The predicted octanol–water partition coefficient (Wildman–Crippen LogP) is 4.63. The minimum Gasteiger partial charge on any atom is -0.497 e. The van der Waals surface area contributed by atoms with Crippen LogP contribution in [-0.2, 0) is 0 Å². The number of amides is 1. The van der Waals surface area contributed by atoms with Crippen LogP contribution in [0.1, 0.15) is 16.1 Å². The molecule has 0 radical (unpaired) electrons. The van der Waals surface area contributed by atoms with Crippen molar-refractivity contribution in [3.63, 3.8) is 0 Å². The van der Waals surface area contributed by atoms with Crippen LogP contribution in [0.25, 0.3) is 16.2 Å². The molecule has 0 atom stereocenters. The lowest BCUT2D eigenvalue weighted by atomic mass is 10.1. The number of imidazole rings is 1. The number of thiazole rings is 1. The number of hydrogen-bond donors (Lipinski definition) is 1. The lowest BCUT2D eigenvalue weighted by Crippen LogP contribution is -2.11. The lowest BCUT2D eigenvalue weighted by Gasteiger charge is -2.08. The maximum absolute atomic E-state index is 12.5. The number of hydrogen-bond acceptors (Lipinski definition) is 4. The van der Waals surface area contributed by atoms with E-state index in [-0.39, 0.29) is 5.91 Å². The summed E-state index contributed by atoms with van der Waals surface area (Å²) < 4.78 is 7.24. The number of aromatic nitrogens is 2. The third kappa shape index (κ3) is 3.07. The molecule has 130 valence electrons. The van der Waals surface area contributed by atoms with Gasteiger partial charge in [-0.2, -0.15) is 0 Å². The number of aryl methyl sites for hydroxylation is 1. The maximum atomic E-state index is 12.5. The molecule has 4 rings (SSSR count). The second-order valence-corrected chi connectivity index (χ2v) is 6.76. The Morgan fingerprint density at radius 3 is 2.85 bits per heavy atom. The number of benzene rings is 2. The van der Waals surface area contributed by atoms with Crippen LogP contribution < -0.4 is 10.1 Å². The van der Waals surface area contributed by atoms with Crippen LogP contribution in [0.2, 0.25) is 0 Å². The van der Waals surface area contributed by atoms with Crippen LogP contribution in [0.4, 0.5) is 5.69 Å². The van der Waals surface area contributed by atoms with Crippen molar-refractivity contribution in [2.24, 2.45) is 0 Å². The van der Waals surface area contributed by atoms with Gasteiger partial charge in [0, 0.05) is 34.1 Å². The van der Waals surface area contributed by atoms with Gasteiger partial charge >= 0.3 is 0 Å². The number of anilines is 1. The minimum absolute atomic E-state index is 0.178. The molecule has 0 saturated heterocycles. The summed E-state index contributed by atoms with van der Waals surface area (Å²) in [6.07, 6.45) is 2.02. The Morgan fingerprint density at radius 2 is 2.04 bits per heavy atom. The Labute approximate surface area is 154 Å². The first-order valence-corrected chi connectivity index (χ1v) is 9.01. The number of carbonyl (C=O) groups is 1. The van der Waals surface area contributed by atoms with Crippen molar-refractivity contribution < 1.29 is 9.53 Å². The summed E-state index contributed by atoms with van der Waals surface area (Å²) in [6.45, 7) is 2.06. The number of ether oxygens (including phenoxy) is 1. The summed E-state index contributed by atoms with van der Waals surface area (Å²) in [5, 5.41) is 5.01. The highest BCUT2D eigenvalue weighted by Gasteiger charge is 2.10. The van der Waals surface area contributed by atoms with Crippen molar-refractivity contribution in [1.82, 2.24) is 9.38 Å². The molecule has 0 aliphatic heterocycles. The summed E-state index contributed by atoms with van der Waals surface area (Å²) in [6, 6.07) is 14.8. The van der Waals surface area contributed by atoms with Crippen molar-refractivity contribution in [3.8, 4) is 17.0 Å². The van der Waals surface area contributed by atoms with Gasteiger partial charge in [-0.1, -0.05) is 18.2 Å². The molecule has 2 aromatic heterocycles. The van der Waals surface area contributed by atoms with E-state index in [1.807, 2.05) is 36.5 Å². The number of rotatable bonds is 4. The molecule has 6 heteroatoms. The Bertz CT molecular complexity index is 1100. The SMILES string of the molecule is COc1cccc(C(=O)Nc2cccc(-c3cn4c(C)csc4n3)c2)c1. The van der Waals surface area contributed by atoms with Gasteiger partial charge in [0.1, 0.15) is 5.75 Å². The lowest BCUT2D eigenvalue weighted by molar-refractivity contribution is 0.102. The second-order valence-electron chi connectivity index (χ2n) is 5.92. The highest BCUT2D eigenvalue weighted by atomic mass is 32.1. The largest absolute Gasteiger partial charge is 0.497 e. The molecule has 0 aliphatic rings. The Kier molecular flexibility index (Phi) is 4.18. The van der Waals surface area contributed by atoms with Gasteiger partial charge in [-0.3, -0.25) is 9.20 Å². The molecule has 26 heavy (non-hydrogen) atoms. The fraction of sp³-hybridized carbons (Fsp3) is 0.100. The molecule has 2 heterocycles. The highest BCUT2D eigenvalue weighted by molar-refractivity contribution is 7.15. The summed E-state index contributed by atoms with van der Waals surface area (Å²) >= 11 is 1.62. The van der Waals surface area contributed by atoms with Crippen molar-refractivity contribution in [3.05, 3.63) is 71.4 Å². The van der Waals surface area contributed by atoms with Gasteiger partial charge in [0.2, 0.25) is 0 Å². The molecule has 0 aliphatic carbocycles. The molecular formula is C20H17N3O2S. The molecule has 0 bridgehead atoms. The van der Waals surface area contributed by atoms with Gasteiger partial charge in [-0.15, -0.1) is 11.3 Å². The zero-order valence-electron chi connectivity index (χ0n) is 14.4. The van der Waals surface area contributed by atoms with Crippen LogP contribution in [0, 0.1) is 6.92 Å². The molecule has 0 unspecified atom stereocenters. The summed E-state index contributed by atoms with van der Waals surface area (Å²) in [5.74, 6) is 0.475. The van der Waals surface area contributed by atoms with Crippen LogP contribution >= 0.6 is 11.3 Å². The summed E-state index contributed by atoms with van der Waals surface area (Å²) in [7, 11) is 1.58. The van der Waals surface area contributed by atoms with Gasteiger partial charge in [0.25, 0.3) is 5.91 Å². The number of nitrogens with zero attached hydrogens (tertiary/aromatic N) is 2.